The molecule has 0 bridgehead atoms. The molecule has 1 heterocycles. The molecule has 0 saturated heterocycles. The number of benzene rings is 1. The van der Waals surface area contributed by atoms with E-state index in [1.165, 1.54) is 0 Å². The molecule has 1 aromatic carbocycles. The zero-order chi connectivity index (χ0) is 12.6. The summed E-state index contributed by atoms with van der Waals surface area (Å²) < 4.78 is 1.60. The zero-order valence-corrected chi connectivity index (χ0v) is 10.3. The Bertz CT molecular complexity index is 628. The molecule has 0 aliphatic heterocycles. The van der Waals surface area contributed by atoms with Gasteiger partial charge in [-0.2, -0.15) is 5.10 Å². The molecule has 3 rings (SSSR count). The van der Waals surface area contributed by atoms with Crippen molar-refractivity contribution in [2.24, 2.45) is 11.1 Å². The van der Waals surface area contributed by atoms with Crippen LogP contribution in [0.1, 0.15) is 19.3 Å². The highest BCUT2D eigenvalue weighted by atomic mass is 16.1. The maximum absolute atomic E-state index is 12.3. The molecule has 1 fully saturated rings. The van der Waals surface area contributed by atoms with Gasteiger partial charge >= 0.3 is 0 Å². The minimum Gasteiger partial charge on any atom is -0.330 e. The summed E-state index contributed by atoms with van der Waals surface area (Å²) in [5, 5.41) is 5.93. The van der Waals surface area contributed by atoms with Gasteiger partial charge in [0.25, 0.3) is 5.56 Å². The molecule has 18 heavy (non-hydrogen) atoms. The Labute approximate surface area is 105 Å². The van der Waals surface area contributed by atoms with Crippen LogP contribution < -0.4 is 11.3 Å². The molecule has 0 amide bonds. The fraction of sp³-hybridized carbons (Fsp3) is 0.429. The van der Waals surface area contributed by atoms with E-state index < -0.39 is 0 Å². The predicted octanol–water partition coefficient (Wildman–Crippen LogP) is 1.53. The van der Waals surface area contributed by atoms with Gasteiger partial charge in [-0.05, 0) is 37.3 Å². The molecule has 0 unspecified atom stereocenters. The Morgan fingerprint density at radius 3 is 2.83 bits per heavy atom. The average molecular weight is 243 g/mol. The Kier molecular flexibility index (Phi) is 2.67. The van der Waals surface area contributed by atoms with Crippen LogP contribution in [0.25, 0.3) is 10.8 Å². The van der Waals surface area contributed by atoms with E-state index in [-0.39, 0.29) is 11.0 Å². The van der Waals surface area contributed by atoms with E-state index in [4.69, 9.17) is 5.73 Å². The molecular weight excluding hydrogens is 226 g/mol. The van der Waals surface area contributed by atoms with Crippen molar-refractivity contribution in [2.75, 3.05) is 6.54 Å². The van der Waals surface area contributed by atoms with Crippen molar-refractivity contribution in [3.8, 4) is 0 Å². The fourth-order valence-electron chi connectivity index (χ4n) is 2.53. The number of fused-ring (bicyclic) bond motifs is 1. The second-order valence-electron chi connectivity index (χ2n) is 5.23. The molecule has 1 aliphatic carbocycles. The highest BCUT2D eigenvalue weighted by Gasteiger charge is 2.42. The van der Waals surface area contributed by atoms with Crippen LogP contribution in [-0.2, 0) is 6.54 Å². The summed E-state index contributed by atoms with van der Waals surface area (Å²) in [7, 11) is 0. The zero-order valence-electron chi connectivity index (χ0n) is 10.3. The Hall–Kier alpha value is -1.68. The van der Waals surface area contributed by atoms with Gasteiger partial charge in [0.15, 0.2) is 0 Å². The van der Waals surface area contributed by atoms with Gasteiger partial charge in [-0.1, -0.05) is 18.2 Å². The quantitative estimate of drug-likeness (QED) is 0.885. The predicted molar refractivity (Wildman–Crippen MR) is 71.3 cm³/mol. The van der Waals surface area contributed by atoms with Crippen LogP contribution in [-0.4, -0.2) is 16.3 Å². The molecule has 2 N–H and O–H groups in total. The number of nitrogens with two attached hydrogens (primary N) is 1. The van der Waals surface area contributed by atoms with Crippen LogP contribution in [0.4, 0.5) is 0 Å². The van der Waals surface area contributed by atoms with Crippen LogP contribution in [0, 0.1) is 5.41 Å². The molecule has 0 radical (unpaired) electrons. The maximum Gasteiger partial charge on any atom is 0.274 e. The van der Waals surface area contributed by atoms with E-state index in [9.17, 15) is 4.79 Å². The Balaban J connectivity index is 1.98. The van der Waals surface area contributed by atoms with E-state index in [1.807, 2.05) is 24.3 Å². The van der Waals surface area contributed by atoms with Gasteiger partial charge in [-0.15, -0.1) is 0 Å². The fourth-order valence-corrected chi connectivity index (χ4v) is 2.53. The highest BCUT2D eigenvalue weighted by Crippen LogP contribution is 2.49. The van der Waals surface area contributed by atoms with Gasteiger partial charge in [0, 0.05) is 5.39 Å². The summed E-state index contributed by atoms with van der Waals surface area (Å²) in [5.41, 5.74) is 5.87. The largest absolute Gasteiger partial charge is 0.330 e. The van der Waals surface area contributed by atoms with Crippen molar-refractivity contribution < 1.29 is 0 Å². The van der Waals surface area contributed by atoms with E-state index in [2.05, 4.69) is 5.10 Å². The third-order valence-electron chi connectivity index (χ3n) is 3.88. The Morgan fingerprint density at radius 2 is 2.11 bits per heavy atom. The van der Waals surface area contributed by atoms with Gasteiger partial charge in [0.05, 0.1) is 18.1 Å². The lowest BCUT2D eigenvalue weighted by atomic mass is 10.0. The summed E-state index contributed by atoms with van der Waals surface area (Å²) in [5.74, 6) is 0. The third kappa shape index (κ3) is 1.93. The third-order valence-corrected chi connectivity index (χ3v) is 3.88. The monoisotopic (exact) mass is 243 g/mol. The summed E-state index contributed by atoms with van der Waals surface area (Å²) in [6.07, 6.45) is 5.07. The Morgan fingerprint density at radius 1 is 1.33 bits per heavy atom. The molecule has 1 saturated carbocycles. The number of rotatable bonds is 4. The van der Waals surface area contributed by atoms with Crippen LogP contribution in [0.2, 0.25) is 0 Å². The van der Waals surface area contributed by atoms with Crippen molar-refractivity contribution in [1.82, 2.24) is 9.78 Å². The van der Waals surface area contributed by atoms with Gasteiger partial charge in [-0.3, -0.25) is 4.79 Å². The summed E-state index contributed by atoms with van der Waals surface area (Å²) in [6.45, 7) is 1.39. The van der Waals surface area contributed by atoms with E-state index in [0.29, 0.717) is 13.1 Å². The van der Waals surface area contributed by atoms with Crippen LogP contribution >= 0.6 is 0 Å². The summed E-state index contributed by atoms with van der Waals surface area (Å²) in [6, 6.07) is 7.59. The first-order valence-electron chi connectivity index (χ1n) is 6.39. The number of hydrogen-bond acceptors (Lipinski definition) is 3. The first-order chi connectivity index (χ1) is 8.74. The van der Waals surface area contributed by atoms with Crippen LogP contribution in [0.15, 0.2) is 35.3 Å². The van der Waals surface area contributed by atoms with Gasteiger partial charge < -0.3 is 5.73 Å². The normalized spacial score (nSPS) is 16.9. The molecule has 1 aliphatic rings. The van der Waals surface area contributed by atoms with Crippen LogP contribution in [0.5, 0.6) is 0 Å². The smallest absolute Gasteiger partial charge is 0.274 e. The molecule has 0 atom stereocenters. The first-order valence-corrected chi connectivity index (χ1v) is 6.39. The molecule has 1 aromatic heterocycles. The number of nitrogens with zero attached hydrogens (tertiary/aromatic N) is 2. The lowest BCUT2D eigenvalue weighted by Crippen LogP contribution is -2.28. The van der Waals surface area contributed by atoms with Gasteiger partial charge in [0.2, 0.25) is 0 Å². The summed E-state index contributed by atoms with van der Waals surface area (Å²) in [4.78, 5) is 12.3. The average Bonchev–Trinajstić information content (AvgIpc) is 3.14. The number of aromatic nitrogens is 2. The molecule has 4 heteroatoms. The standard InChI is InChI=1S/C14H17N3O/c15-8-7-14(5-6-14)10-17-13(18)12-4-2-1-3-11(12)9-16-17/h1-4,9H,5-8,10,15H2. The topological polar surface area (TPSA) is 60.9 Å². The number of hydrogen-bond donors (Lipinski definition) is 1. The molecule has 2 aromatic rings. The second kappa shape index (κ2) is 4.21. The first kappa shape index (κ1) is 11.4. The molecule has 4 nitrogen and oxygen atoms in total. The summed E-state index contributed by atoms with van der Waals surface area (Å²) >= 11 is 0. The lowest BCUT2D eigenvalue weighted by molar-refractivity contribution is 0.367. The van der Waals surface area contributed by atoms with Crippen molar-refractivity contribution in [3.05, 3.63) is 40.8 Å². The van der Waals surface area contributed by atoms with Gasteiger partial charge in [-0.25, -0.2) is 4.68 Å². The molecule has 0 spiro atoms. The minimum atomic E-state index is 0.0106. The van der Waals surface area contributed by atoms with Crippen molar-refractivity contribution in [1.29, 1.82) is 0 Å². The lowest BCUT2D eigenvalue weighted by Gasteiger charge is -2.14. The second-order valence-corrected chi connectivity index (χ2v) is 5.23. The SMILES string of the molecule is NCCC1(Cn2ncc3ccccc3c2=O)CC1. The van der Waals surface area contributed by atoms with Crippen molar-refractivity contribution in [3.63, 3.8) is 0 Å². The van der Waals surface area contributed by atoms with E-state index in [1.54, 1.807) is 10.9 Å². The van der Waals surface area contributed by atoms with Crippen molar-refractivity contribution in [2.45, 2.75) is 25.8 Å². The highest BCUT2D eigenvalue weighted by molar-refractivity contribution is 5.80. The van der Waals surface area contributed by atoms with Gasteiger partial charge in [0.1, 0.15) is 0 Å². The molecular formula is C14H17N3O. The maximum atomic E-state index is 12.3. The molecule has 94 valence electrons. The minimum absolute atomic E-state index is 0.0106. The van der Waals surface area contributed by atoms with Crippen LogP contribution in [0.3, 0.4) is 0 Å². The van der Waals surface area contributed by atoms with E-state index in [0.717, 1.165) is 30.0 Å². The van der Waals surface area contributed by atoms with Crippen molar-refractivity contribution >= 4 is 10.8 Å². The van der Waals surface area contributed by atoms with E-state index >= 15 is 0 Å².